The van der Waals surface area contributed by atoms with Crippen LogP contribution in [0.15, 0.2) is 40.0 Å². The highest BCUT2D eigenvalue weighted by atomic mass is 19.4. The average molecular weight is 406 g/mol. The van der Waals surface area contributed by atoms with Crippen LogP contribution in [0.2, 0.25) is 0 Å². The number of carboxylic acids is 1. The van der Waals surface area contributed by atoms with Crippen molar-refractivity contribution in [3.8, 4) is 0 Å². The van der Waals surface area contributed by atoms with Gasteiger partial charge in [0.2, 0.25) is 0 Å². The number of alkyl halides is 6. The lowest BCUT2D eigenvalue weighted by Gasteiger charge is -2.30. The summed E-state index contributed by atoms with van der Waals surface area (Å²) in [4.78, 5) is 18.9. The first-order valence-electron chi connectivity index (χ1n) is 7.84. The van der Waals surface area contributed by atoms with Gasteiger partial charge in [-0.2, -0.15) is 26.3 Å². The predicted octanol–water partition coefficient (Wildman–Crippen LogP) is 4.06. The second-order valence-electron chi connectivity index (χ2n) is 6.33. The Morgan fingerprint density at radius 2 is 1.89 bits per heavy atom. The molecule has 0 spiro atoms. The number of oxime groups is 1. The molecule has 2 heterocycles. The second-order valence-corrected chi connectivity index (χ2v) is 6.33. The van der Waals surface area contributed by atoms with Gasteiger partial charge in [0, 0.05) is 12.0 Å². The van der Waals surface area contributed by atoms with Crippen molar-refractivity contribution in [2.75, 3.05) is 6.54 Å². The van der Waals surface area contributed by atoms with E-state index in [1.807, 2.05) is 0 Å². The van der Waals surface area contributed by atoms with Gasteiger partial charge in [0.1, 0.15) is 5.71 Å². The molecule has 1 N–H and O–H groups in total. The summed E-state index contributed by atoms with van der Waals surface area (Å²) in [5.41, 5.74) is -4.87. The third-order valence-electron chi connectivity index (χ3n) is 4.52. The standard InChI is InChI=1S/C17H12F6N2O3/c1-8-4-9(2-3-11(8)14(26)27)12-6-15(28-25-12,17(21,22)23)10-5-13(24-7-10)16(18,19)20/h2-5H,6-7H2,1H3,(H,26,27). The summed E-state index contributed by atoms with van der Waals surface area (Å²) in [6, 6.07) is 3.81. The van der Waals surface area contributed by atoms with Gasteiger partial charge in [-0.1, -0.05) is 11.2 Å². The molecule has 3 rings (SSSR count). The predicted molar refractivity (Wildman–Crippen MR) is 85.6 cm³/mol. The SMILES string of the molecule is Cc1cc(C2=NOC(C3=CC(C(F)(F)F)=NC3)(C(F)(F)F)C2)ccc1C(=O)O. The number of nitrogens with zero attached hydrogens (tertiary/aromatic N) is 2. The zero-order chi connectivity index (χ0) is 20.9. The van der Waals surface area contributed by atoms with Crippen molar-refractivity contribution in [1.82, 2.24) is 0 Å². The van der Waals surface area contributed by atoms with Gasteiger partial charge in [-0.15, -0.1) is 0 Å². The average Bonchev–Trinajstić information content (AvgIpc) is 3.21. The maximum absolute atomic E-state index is 13.8. The summed E-state index contributed by atoms with van der Waals surface area (Å²) in [6.07, 6.45) is -10.4. The molecule has 0 aromatic heterocycles. The molecule has 0 radical (unpaired) electrons. The lowest BCUT2D eigenvalue weighted by molar-refractivity contribution is -0.253. The van der Waals surface area contributed by atoms with E-state index in [-0.39, 0.29) is 16.8 Å². The largest absolute Gasteiger partial charge is 0.478 e. The van der Waals surface area contributed by atoms with Crippen molar-refractivity contribution < 1.29 is 41.1 Å². The van der Waals surface area contributed by atoms with Crippen molar-refractivity contribution in [1.29, 1.82) is 0 Å². The first-order chi connectivity index (χ1) is 12.8. The molecular weight excluding hydrogens is 394 g/mol. The number of hydrogen-bond acceptors (Lipinski definition) is 4. The molecular formula is C17H12F6N2O3. The Morgan fingerprint density at radius 1 is 1.21 bits per heavy atom. The van der Waals surface area contributed by atoms with Gasteiger partial charge >= 0.3 is 18.3 Å². The van der Waals surface area contributed by atoms with E-state index in [1.54, 1.807) is 0 Å². The van der Waals surface area contributed by atoms with E-state index in [2.05, 4.69) is 15.0 Å². The molecule has 1 unspecified atom stereocenters. The first kappa shape index (κ1) is 19.9. The number of rotatable bonds is 3. The van der Waals surface area contributed by atoms with E-state index in [4.69, 9.17) is 5.11 Å². The third-order valence-corrected chi connectivity index (χ3v) is 4.52. The van der Waals surface area contributed by atoms with Crippen LogP contribution < -0.4 is 0 Å². The lowest BCUT2D eigenvalue weighted by Crippen LogP contribution is -2.47. The fourth-order valence-corrected chi connectivity index (χ4v) is 3.02. The molecule has 0 aliphatic carbocycles. The van der Waals surface area contributed by atoms with Crippen LogP contribution in [0.3, 0.4) is 0 Å². The first-order valence-corrected chi connectivity index (χ1v) is 7.84. The minimum atomic E-state index is -5.04. The van der Waals surface area contributed by atoms with Crippen LogP contribution in [-0.4, -0.2) is 47.0 Å². The molecule has 0 saturated heterocycles. The Bertz CT molecular complexity index is 930. The highest BCUT2D eigenvalue weighted by Gasteiger charge is 2.64. The maximum Gasteiger partial charge on any atom is 0.435 e. The molecule has 2 aliphatic heterocycles. The minimum Gasteiger partial charge on any atom is -0.478 e. The van der Waals surface area contributed by atoms with Gasteiger partial charge < -0.3 is 9.94 Å². The quantitative estimate of drug-likeness (QED) is 0.770. The van der Waals surface area contributed by atoms with Gasteiger partial charge in [-0.3, -0.25) is 4.99 Å². The second kappa shape index (κ2) is 6.35. The van der Waals surface area contributed by atoms with Crippen molar-refractivity contribution in [2.24, 2.45) is 10.1 Å². The smallest absolute Gasteiger partial charge is 0.435 e. The fraction of sp³-hybridized carbons (Fsp3) is 0.353. The van der Waals surface area contributed by atoms with Gasteiger partial charge in [0.25, 0.3) is 5.60 Å². The Hall–Kier alpha value is -2.85. The van der Waals surface area contributed by atoms with Crippen molar-refractivity contribution in [3.05, 3.63) is 46.5 Å². The van der Waals surface area contributed by atoms with E-state index >= 15 is 0 Å². The zero-order valence-electron chi connectivity index (χ0n) is 14.1. The van der Waals surface area contributed by atoms with Crippen molar-refractivity contribution >= 4 is 17.4 Å². The molecule has 0 amide bonds. The normalized spacial score (nSPS) is 22.5. The summed E-state index contributed by atoms with van der Waals surface area (Å²) < 4.78 is 79.6. The summed E-state index contributed by atoms with van der Waals surface area (Å²) in [7, 11) is 0. The molecule has 5 nitrogen and oxygen atoms in total. The van der Waals surface area contributed by atoms with E-state index in [9.17, 15) is 31.1 Å². The molecule has 1 aromatic rings. The minimum absolute atomic E-state index is 0.0351. The summed E-state index contributed by atoms with van der Waals surface area (Å²) in [5, 5.41) is 12.5. The Kier molecular flexibility index (Phi) is 4.51. The van der Waals surface area contributed by atoms with Crippen LogP contribution in [0.25, 0.3) is 0 Å². The number of aryl methyl sites for hydroxylation is 1. The molecule has 11 heteroatoms. The number of aromatic carboxylic acids is 1. The Balaban J connectivity index is 1.94. The number of carbonyl (C=O) groups is 1. The van der Waals surface area contributed by atoms with E-state index in [0.29, 0.717) is 11.6 Å². The van der Waals surface area contributed by atoms with E-state index < -0.39 is 48.2 Å². The number of allylic oxidation sites excluding steroid dienone is 1. The van der Waals surface area contributed by atoms with Crippen LogP contribution in [0.1, 0.15) is 27.9 Å². The van der Waals surface area contributed by atoms with Gasteiger partial charge in [0.05, 0.1) is 17.8 Å². The number of benzene rings is 1. The van der Waals surface area contributed by atoms with Crippen molar-refractivity contribution in [2.45, 2.75) is 31.3 Å². The molecule has 0 saturated carbocycles. The number of aliphatic imine (C=N–C) groups is 1. The monoisotopic (exact) mass is 406 g/mol. The molecule has 150 valence electrons. The number of carboxylic acid groups (broad SMARTS) is 1. The van der Waals surface area contributed by atoms with Crippen LogP contribution >= 0.6 is 0 Å². The highest BCUT2D eigenvalue weighted by Crippen LogP contribution is 2.47. The van der Waals surface area contributed by atoms with Crippen LogP contribution in [0.4, 0.5) is 26.3 Å². The van der Waals surface area contributed by atoms with E-state index in [1.165, 1.54) is 25.1 Å². The highest BCUT2D eigenvalue weighted by molar-refractivity contribution is 6.05. The molecule has 2 aliphatic rings. The summed E-state index contributed by atoms with van der Waals surface area (Å²) in [5.74, 6) is -1.20. The topological polar surface area (TPSA) is 71.2 Å². The van der Waals surface area contributed by atoms with E-state index in [0.717, 1.165) is 0 Å². The Labute approximate surface area is 154 Å². The van der Waals surface area contributed by atoms with Crippen molar-refractivity contribution in [3.63, 3.8) is 0 Å². The summed E-state index contributed by atoms with van der Waals surface area (Å²) >= 11 is 0. The van der Waals surface area contributed by atoms with Crippen LogP contribution in [0, 0.1) is 6.92 Å². The molecule has 1 aromatic carbocycles. The molecule has 0 fully saturated rings. The fourth-order valence-electron chi connectivity index (χ4n) is 3.02. The zero-order valence-corrected chi connectivity index (χ0v) is 14.1. The summed E-state index contributed by atoms with van der Waals surface area (Å²) in [6.45, 7) is 0.650. The van der Waals surface area contributed by atoms with Crippen LogP contribution in [0.5, 0.6) is 0 Å². The molecule has 28 heavy (non-hydrogen) atoms. The Morgan fingerprint density at radius 3 is 2.39 bits per heavy atom. The molecule has 1 atom stereocenters. The van der Waals surface area contributed by atoms with Gasteiger partial charge in [-0.25, -0.2) is 4.79 Å². The van der Waals surface area contributed by atoms with Crippen LogP contribution in [-0.2, 0) is 4.84 Å². The third kappa shape index (κ3) is 3.25. The molecule has 0 bridgehead atoms. The maximum atomic E-state index is 13.8. The number of hydrogen-bond donors (Lipinski definition) is 1. The lowest BCUT2D eigenvalue weighted by atomic mass is 9.85. The number of halogens is 6. The van der Waals surface area contributed by atoms with Gasteiger partial charge in [-0.05, 0) is 36.3 Å². The van der Waals surface area contributed by atoms with Gasteiger partial charge in [0.15, 0.2) is 0 Å².